The summed E-state index contributed by atoms with van der Waals surface area (Å²) >= 11 is 0. The van der Waals surface area contributed by atoms with Crippen molar-refractivity contribution in [1.82, 2.24) is 20.6 Å². The minimum absolute atomic E-state index is 0.323. The van der Waals surface area contributed by atoms with Crippen molar-refractivity contribution in [3.8, 4) is 11.6 Å². The monoisotopic (exact) mass is 484 g/mol. The Bertz CT molecular complexity index is 1320. The van der Waals surface area contributed by atoms with Crippen molar-refractivity contribution in [2.24, 2.45) is 0 Å². The molecule has 4 amide bonds. The summed E-state index contributed by atoms with van der Waals surface area (Å²) in [5.41, 5.74) is 2.78. The quantitative estimate of drug-likeness (QED) is 0.543. The topological polar surface area (TPSA) is 117 Å². The minimum Gasteiger partial charge on any atom is -0.439 e. The van der Waals surface area contributed by atoms with Crippen molar-refractivity contribution in [2.75, 3.05) is 22.9 Å². The predicted octanol–water partition coefficient (Wildman–Crippen LogP) is 2.54. The Morgan fingerprint density at radius 2 is 1.78 bits per heavy atom. The zero-order chi connectivity index (χ0) is 24.7. The number of nitrogens with zero attached hydrogens (tertiary/aromatic N) is 4. The van der Waals surface area contributed by atoms with Crippen molar-refractivity contribution < 1.29 is 19.1 Å². The van der Waals surface area contributed by atoms with Gasteiger partial charge in [0.2, 0.25) is 5.88 Å². The lowest BCUT2D eigenvalue weighted by Crippen LogP contribution is -2.71. The summed E-state index contributed by atoms with van der Waals surface area (Å²) < 4.78 is 6.01. The van der Waals surface area contributed by atoms with Crippen LogP contribution in [0.1, 0.15) is 24.0 Å². The lowest BCUT2D eigenvalue weighted by atomic mass is 9.92. The van der Waals surface area contributed by atoms with E-state index in [2.05, 4.69) is 43.7 Å². The van der Waals surface area contributed by atoms with Crippen molar-refractivity contribution in [3.63, 3.8) is 0 Å². The number of imide groups is 2. The molecule has 0 radical (unpaired) electrons. The maximum Gasteiger partial charge on any atom is 0.328 e. The Morgan fingerprint density at radius 3 is 2.53 bits per heavy atom. The summed E-state index contributed by atoms with van der Waals surface area (Å²) in [6.45, 7) is 2.22. The zero-order valence-electron chi connectivity index (χ0n) is 19.4. The molecule has 1 aromatic carbocycles. The number of fused-ring (bicyclic) bond motifs is 1. The largest absolute Gasteiger partial charge is 0.439 e. The zero-order valence-corrected chi connectivity index (χ0v) is 19.4. The highest BCUT2D eigenvalue weighted by Crippen LogP contribution is 2.36. The summed E-state index contributed by atoms with van der Waals surface area (Å²) in [6.07, 6.45) is 7.11. The van der Waals surface area contributed by atoms with Gasteiger partial charge >= 0.3 is 6.03 Å². The molecule has 3 aliphatic rings. The molecule has 6 rings (SSSR count). The number of hydrogen-bond donors (Lipinski definition) is 2. The van der Waals surface area contributed by atoms with E-state index in [0.29, 0.717) is 36.7 Å². The number of rotatable bonds is 4. The fourth-order valence-electron chi connectivity index (χ4n) is 5.26. The van der Waals surface area contributed by atoms with Gasteiger partial charge in [-0.3, -0.25) is 25.2 Å². The number of carbonyl (C=O) groups excluding carboxylic acids is 3. The number of pyridine rings is 2. The smallest absolute Gasteiger partial charge is 0.328 e. The molecular formula is C26H24N6O4. The molecule has 0 unspecified atom stereocenters. The molecule has 5 heterocycles. The Morgan fingerprint density at radius 1 is 0.917 bits per heavy atom. The highest BCUT2D eigenvalue weighted by Gasteiger charge is 2.57. The Labute approximate surface area is 207 Å². The summed E-state index contributed by atoms with van der Waals surface area (Å²) in [6, 6.07) is 12.8. The maximum atomic E-state index is 12.7. The summed E-state index contributed by atoms with van der Waals surface area (Å²) in [5, 5.41) is 4.44. The summed E-state index contributed by atoms with van der Waals surface area (Å²) in [4.78, 5) is 49.5. The van der Waals surface area contributed by atoms with E-state index in [9.17, 15) is 14.4 Å². The number of hydrogen-bond acceptors (Lipinski definition) is 8. The van der Waals surface area contributed by atoms with E-state index in [1.165, 1.54) is 11.1 Å². The molecule has 1 spiro atoms. The average Bonchev–Trinajstić information content (AvgIpc) is 3.34. The molecule has 0 aliphatic carbocycles. The third kappa shape index (κ3) is 3.71. The van der Waals surface area contributed by atoms with E-state index in [1.54, 1.807) is 29.4 Å². The molecule has 182 valence electrons. The minimum atomic E-state index is -1.44. The van der Waals surface area contributed by atoms with Crippen LogP contribution in [0.5, 0.6) is 11.6 Å². The number of urea groups is 1. The second-order valence-corrected chi connectivity index (χ2v) is 9.12. The van der Waals surface area contributed by atoms with E-state index in [0.717, 1.165) is 25.2 Å². The third-order valence-corrected chi connectivity index (χ3v) is 7.04. The molecule has 10 nitrogen and oxygen atoms in total. The van der Waals surface area contributed by atoms with E-state index >= 15 is 0 Å². The number of amides is 4. The lowest BCUT2D eigenvalue weighted by molar-refractivity contribution is -0.137. The summed E-state index contributed by atoms with van der Waals surface area (Å²) in [7, 11) is 0. The van der Waals surface area contributed by atoms with Crippen LogP contribution in [-0.2, 0) is 22.6 Å². The normalized spacial score (nSPS) is 18.6. The molecule has 2 fully saturated rings. The molecule has 2 aromatic heterocycles. The highest BCUT2D eigenvalue weighted by molar-refractivity contribution is 6.24. The van der Waals surface area contributed by atoms with Crippen LogP contribution in [0.3, 0.4) is 0 Å². The molecule has 10 heteroatoms. The van der Waals surface area contributed by atoms with Gasteiger partial charge in [0.1, 0.15) is 5.75 Å². The van der Waals surface area contributed by atoms with Crippen LogP contribution in [-0.4, -0.2) is 46.4 Å². The van der Waals surface area contributed by atoms with Crippen LogP contribution >= 0.6 is 0 Å². The van der Waals surface area contributed by atoms with Gasteiger partial charge in [-0.2, -0.15) is 0 Å². The van der Waals surface area contributed by atoms with Crippen molar-refractivity contribution >= 4 is 29.2 Å². The predicted molar refractivity (Wildman–Crippen MR) is 131 cm³/mol. The van der Waals surface area contributed by atoms with Gasteiger partial charge in [-0.25, -0.2) is 9.78 Å². The Kier molecular flexibility index (Phi) is 5.28. The second-order valence-electron chi connectivity index (χ2n) is 9.12. The fourth-order valence-corrected chi connectivity index (χ4v) is 5.26. The average molecular weight is 485 g/mol. The van der Waals surface area contributed by atoms with E-state index in [-0.39, 0.29) is 0 Å². The van der Waals surface area contributed by atoms with Gasteiger partial charge in [0.05, 0.1) is 23.8 Å². The molecule has 36 heavy (non-hydrogen) atoms. The first kappa shape index (κ1) is 22.0. The fraction of sp³-hybridized carbons (Fsp3) is 0.269. The van der Waals surface area contributed by atoms with Gasteiger partial charge in [0, 0.05) is 31.9 Å². The van der Waals surface area contributed by atoms with Crippen molar-refractivity contribution in [1.29, 1.82) is 0 Å². The van der Waals surface area contributed by atoms with E-state index < -0.39 is 23.4 Å². The van der Waals surface area contributed by atoms with Gasteiger partial charge < -0.3 is 14.5 Å². The first-order valence-corrected chi connectivity index (χ1v) is 11.9. The second kappa shape index (κ2) is 8.63. The summed E-state index contributed by atoms with van der Waals surface area (Å²) in [5.74, 6) is -0.103. The Hall–Kier alpha value is -4.47. The maximum absolute atomic E-state index is 12.7. The van der Waals surface area contributed by atoms with Gasteiger partial charge in [-0.1, -0.05) is 6.07 Å². The lowest BCUT2D eigenvalue weighted by Gasteiger charge is -2.38. The van der Waals surface area contributed by atoms with Crippen LogP contribution in [0, 0.1) is 0 Å². The standard InChI is InChI=1S/C26H24N6O4/c33-23-26(24(34)30-25(35)29-23)9-2-11-32(26)20-5-7-22(28-15-20)36-21-6-4-18-16-31(12-8-17(18)13-21)19-3-1-10-27-14-19/h1,3-7,10,13-15H,2,8-9,11-12,16H2,(H2,29,30,33,34,35). The number of carbonyl (C=O) groups is 3. The van der Waals surface area contributed by atoms with Crippen LogP contribution in [0.4, 0.5) is 16.2 Å². The highest BCUT2D eigenvalue weighted by atomic mass is 16.5. The van der Waals surface area contributed by atoms with Gasteiger partial charge in [0.25, 0.3) is 11.8 Å². The number of ether oxygens (including phenoxy) is 1. The van der Waals surface area contributed by atoms with Crippen molar-refractivity contribution in [3.05, 3.63) is 72.2 Å². The number of nitrogens with one attached hydrogen (secondary N) is 2. The van der Waals surface area contributed by atoms with Crippen LogP contribution in [0.15, 0.2) is 61.1 Å². The van der Waals surface area contributed by atoms with Crippen LogP contribution < -0.4 is 25.2 Å². The van der Waals surface area contributed by atoms with Gasteiger partial charge in [0.15, 0.2) is 5.54 Å². The molecule has 0 bridgehead atoms. The number of anilines is 2. The number of barbiturate groups is 1. The first-order chi connectivity index (χ1) is 17.5. The van der Waals surface area contributed by atoms with E-state index in [4.69, 9.17) is 4.74 Å². The van der Waals surface area contributed by atoms with E-state index in [1.807, 2.05) is 18.3 Å². The van der Waals surface area contributed by atoms with Crippen LogP contribution in [0.2, 0.25) is 0 Å². The number of benzene rings is 1. The molecule has 2 N–H and O–H groups in total. The molecule has 0 atom stereocenters. The first-order valence-electron chi connectivity index (χ1n) is 11.9. The van der Waals surface area contributed by atoms with Gasteiger partial charge in [-0.05, 0) is 60.7 Å². The molecule has 3 aliphatic heterocycles. The SMILES string of the molecule is O=C1NC(=O)C2(CCCN2c2ccc(Oc3ccc4c(c3)CCN(c3cccnc3)C4)nc2)C(=O)N1. The molecular weight excluding hydrogens is 460 g/mol. The molecule has 3 aromatic rings. The van der Waals surface area contributed by atoms with Crippen LogP contribution in [0.25, 0.3) is 0 Å². The third-order valence-electron chi connectivity index (χ3n) is 7.04. The molecule has 0 saturated carbocycles. The van der Waals surface area contributed by atoms with Gasteiger partial charge in [-0.15, -0.1) is 0 Å². The Balaban J connectivity index is 1.17. The molecule has 2 saturated heterocycles. The number of aromatic nitrogens is 2. The van der Waals surface area contributed by atoms with Crippen molar-refractivity contribution in [2.45, 2.75) is 31.3 Å².